The van der Waals surface area contributed by atoms with Gasteiger partial charge in [0, 0.05) is 49.2 Å². The van der Waals surface area contributed by atoms with Crippen molar-refractivity contribution in [3.8, 4) is 11.4 Å². The smallest absolute Gasteiger partial charge is 0.230 e. The van der Waals surface area contributed by atoms with Gasteiger partial charge in [-0.3, -0.25) is 19.2 Å². The first-order valence-electron chi connectivity index (χ1n) is 10.1. The van der Waals surface area contributed by atoms with Gasteiger partial charge in [0.25, 0.3) is 0 Å². The van der Waals surface area contributed by atoms with E-state index in [0.717, 1.165) is 55.7 Å². The first kappa shape index (κ1) is 20.3. The summed E-state index contributed by atoms with van der Waals surface area (Å²) in [7, 11) is 0. The van der Waals surface area contributed by atoms with Crippen LogP contribution in [0.4, 0.5) is 0 Å². The molecule has 29 heavy (non-hydrogen) atoms. The van der Waals surface area contributed by atoms with E-state index in [1.165, 1.54) is 11.8 Å². The molecule has 2 aromatic heterocycles. The van der Waals surface area contributed by atoms with E-state index in [4.69, 9.17) is 4.74 Å². The van der Waals surface area contributed by atoms with Crippen molar-refractivity contribution in [2.45, 2.75) is 43.4 Å². The number of thioether (sulfide) groups is 1. The van der Waals surface area contributed by atoms with Gasteiger partial charge in [-0.05, 0) is 38.8 Å². The van der Waals surface area contributed by atoms with Crippen LogP contribution >= 0.6 is 11.8 Å². The van der Waals surface area contributed by atoms with E-state index >= 15 is 0 Å². The van der Waals surface area contributed by atoms with Crippen LogP contribution in [0.5, 0.6) is 0 Å². The first-order valence-corrected chi connectivity index (χ1v) is 11.1. The van der Waals surface area contributed by atoms with E-state index < -0.39 is 0 Å². The number of nitrogens with zero attached hydrogens (tertiary/aromatic N) is 5. The van der Waals surface area contributed by atoms with Gasteiger partial charge in [0.1, 0.15) is 0 Å². The van der Waals surface area contributed by atoms with Crippen molar-refractivity contribution in [3.63, 3.8) is 0 Å². The number of hydrogen-bond donors (Lipinski definition) is 1. The average molecular weight is 417 g/mol. The standard InChI is InChI=1S/C20H28N6O2S/c1-20(2,25-8-10-28-11-9-25)14-22-17(27)13-29-19-24-23-18(26(19)16-5-6-16)15-4-3-7-21-12-15/h3-4,7,12,16H,5-6,8-11,13-14H2,1-2H3,(H,22,27). The molecule has 1 aliphatic heterocycles. The van der Waals surface area contributed by atoms with Crippen LogP contribution in [0.3, 0.4) is 0 Å². The molecule has 8 nitrogen and oxygen atoms in total. The van der Waals surface area contributed by atoms with Gasteiger partial charge < -0.3 is 10.1 Å². The molecule has 1 saturated carbocycles. The quantitative estimate of drug-likeness (QED) is 0.659. The van der Waals surface area contributed by atoms with Crippen LogP contribution in [0.15, 0.2) is 29.7 Å². The predicted octanol–water partition coefficient (Wildman–Crippen LogP) is 1.99. The predicted molar refractivity (Wildman–Crippen MR) is 112 cm³/mol. The molecule has 1 aliphatic carbocycles. The number of ether oxygens (including phenoxy) is 1. The molecule has 2 fully saturated rings. The van der Waals surface area contributed by atoms with Crippen LogP contribution in [-0.4, -0.2) is 74.7 Å². The zero-order valence-electron chi connectivity index (χ0n) is 17.0. The second-order valence-electron chi connectivity index (χ2n) is 8.13. The Labute approximate surface area is 175 Å². The molecule has 0 aromatic carbocycles. The molecule has 1 saturated heterocycles. The Kier molecular flexibility index (Phi) is 6.17. The van der Waals surface area contributed by atoms with Crippen LogP contribution in [0.25, 0.3) is 11.4 Å². The monoisotopic (exact) mass is 416 g/mol. The molecular weight excluding hydrogens is 388 g/mol. The Hall–Kier alpha value is -1.97. The average Bonchev–Trinajstić information content (AvgIpc) is 3.51. The molecule has 0 bridgehead atoms. The summed E-state index contributed by atoms with van der Waals surface area (Å²) in [5.41, 5.74) is 0.862. The number of aromatic nitrogens is 4. The van der Waals surface area contributed by atoms with Gasteiger partial charge in [-0.2, -0.15) is 0 Å². The number of hydrogen-bond acceptors (Lipinski definition) is 7. The minimum absolute atomic E-state index is 0.0182. The SMILES string of the molecule is CC(C)(CNC(=O)CSc1nnc(-c2cccnc2)n1C1CC1)N1CCOCC1. The lowest BCUT2D eigenvalue weighted by Crippen LogP contribution is -2.55. The van der Waals surface area contributed by atoms with E-state index in [2.05, 4.69) is 43.8 Å². The van der Waals surface area contributed by atoms with Gasteiger partial charge in [-0.1, -0.05) is 11.8 Å². The number of nitrogens with one attached hydrogen (secondary N) is 1. The van der Waals surface area contributed by atoms with Gasteiger partial charge in [0.15, 0.2) is 11.0 Å². The summed E-state index contributed by atoms with van der Waals surface area (Å²) >= 11 is 1.45. The van der Waals surface area contributed by atoms with Gasteiger partial charge in [-0.25, -0.2) is 0 Å². The molecule has 0 spiro atoms. The molecule has 0 atom stereocenters. The van der Waals surface area contributed by atoms with Crippen molar-refractivity contribution in [3.05, 3.63) is 24.5 Å². The molecule has 3 heterocycles. The summed E-state index contributed by atoms with van der Waals surface area (Å²) in [6.45, 7) is 8.25. The van der Waals surface area contributed by atoms with Crippen molar-refractivity contribution in [1.29, 1.82) is 0 Å². The van der Waals surface area contributed by atoms with Gasteiger partial charge in [0.05, 0.1) is 19.0 Å². The van der Waals surface area contributed by atoms with Crippen molar-refractivity contribution >= 4 is 17.7 Å². The summed E-state index contributed by atoms with van der Waals surface area (Å²) in [5.74, 6) is 1.18. The molecule has 1 amide bonds. The number of morpholine rings is 1. The number of rotatable bonds is 8. The van der Waals surface area contributed by atoms with Crippen LogP contribution < -0.4 is 5.32 Å². The van der Waals surface area contributed by atoms with Gasteiger partial charge in [0.2, 0.25) is 5.91 Å². The zero-order chi connectivity index (χ0) is 20.3. The van der Waals surface area contributed by atoms with Crippen LogP contribution in [-0.2, 0) is 9.53 Å². The Balaban J connectivity index is 1.34. The lowest BCUT2D eigenvalue weighted by molar-refractivity contribution is -0.119. The fourth-order valence-corrected chi connectivity index (χ4v) is 4.34. The number of pyridine rings is 1. The molecule has 0 unspecified atom stereocenters. The highest BCUT2D eigenvalue weighted by Crippen LogP contribution is 2.40. The van der Waals surface area contributed by atoms with Crippen LogP contribution in [0.1, 0.15) is 32.7 Å². The van der Waals surface area contributed by atoms with Crippen molar-refractivity contribution in [1.82, 2.24) is 30.0 Å². The van der Waals surface area contributed by atoms with Gasteiger partial charge in [-0.15, -0.1) is 10.2 Å². The fourth-order valence-electron chi connectivity index (χ4n) is 3.51. The molecule has 2 aromatic rings. The molecule has 1 N–H and O–H groups in total. The highest BCUT2D eigenvalue weighted by molar-refractivity contribution is 7.99. The lowest BCUT2D eigenvalue weighted by Gasteiger charge is -2.40. The minimum Gasteiger partial charge on any atom is -0.379 e. The van der Waals surface area contributed by atoms with E-state index in [1.807, 2.05) is 12.1 Å². The maximum Gasteiger partial charge on any atom is 0.230 e. The van der Waals surface area contributed by atoms with E-state index in [-0.39, 0.29) is 11.4 Å². The Morgan fingerprint density at radius 2 is 2.10 bits per heavy atom. The Bertz CT molecular complexity index is 831. The molecule has 0 radical (unpaired) electrons. The van der Waals surface area contributed by atoms with Crippen LogP contribution in [0, 0.1) is 0 Å². The molecule has 4 rings (SSSR count). The Morgan fingerprint density at radius 3 is 2.79 bits per heavy atom. The summed E-state index contributed by atoms with van der Waals surface area (Å²) in [5, 5.41) is 12.6. The maximum atomic E-state index is 12.5. The number of carbonyl (C=O) groups is 1. The third-order valence-corrected chi connectivity index (χ3v) is 6.36. The van der Waals surface area contributed by atoms with Crippen molar-refractivity contribution < 1.29 is 9.53 Å². The minimum atomic E-state index is -0.0916. The third-order valence-electron chi connectivity index (χ3n) is 5.41. The maximum absolute atomic E-state index is 12.5. The van der Waals surface area contributed by atoms with Crippen LogP contribution in [0.2, 0.25) is 0 Å². The number of amides is 1. The normalized spacial score (nSPS) is 18.0. The topological polar surface area (TPSA) is 85.2 Å². The molecular formula is C20H28N6O2S. The highest BCUT2D eigenvalue weighted by Gasteiger charge is 2.31. The highest BCUT2D eigenvalue weighted by atomic mass is 32.2. The van der Waals surface area contributed by atoms with Gasteiger partial charge >= 0.3 is 0 Å². The second kappa shape index (κ2) is 8.81. The Morgan fingerprint density at radius 1 is 1.31 bits per heavy atom. The third kappa shape index (κ3) is 4.96. The number of carbonyl (C=O) groups excluding carboxylic acids is 1. The largest absolute Gasteiger partial charge is 0.379 e. The second-order valence-corrected chi connectivity index (χ2v) is 9.07. The van der Waals surface area contributed by atoms with Crippen molar-refractivity contribution in [2.24, 2.45) is 0 Å². The fraction of sp³-hybridized carbons (Fsp3) is 0.600. The summed E-state index contributed by atoms with van der Waals surface area (Å²) < 4.78 is 7.59. The summed E-state index contributed by atoms with van der Waals surface area (Å²) in [4.78, 5) is 19.0. The van der Waals surface area contributed by atoms with E-state index in [1.54, 1.807) is 12.4 Å². The molecule has 156 valence electrons. The lowest BCUT2D eigenvalue weighted by atomic mass is 10.0. The molecule has 2 aliphatic rings. The summed E-state index contributed by atoms with van der Waals surface area (Å²) in [6, 6.07) is 4.31. The first-order chi connectivity index (χ1) is 14.0. The molecule has 9 heteroatoms. The van der Waals surface area contributed by atoms with E-state index in [9.17, 15) is 4.79 Å². The summed E-state index contributed by atoms with van der Waals surface area (Å²) in [6.07, 6.45) is 5.80. The van der Waals surface area contributed by atoms with Crippen molar-refractivity contribution in [2.75, 3.05) is 38.6 Å². The zero-order valence-corrected chi connectivity index (χ0v) is 17.8. The van der Waals surface area contributed by atoms with E-state index in [0.29, 0.717) is 18.3 Å².